The maximum absolute atomic E-state index is 6.06. The van der Waals surface area contributed by atoms with Crippen molar-refractivity contribution < 1.29 is 9.47 Å². The summed E-state index contributed by atoms with van der Waals surface area (Å²) in [6, 6.07) is 2.44. The number of fused-ring (bicyclic) bond motifs is 4. The van der Waals surface area contributed by atoms with Crippen molar-refractivity contribution in [2.45, 2.75) is 44.5 Å². The van der Waals surface area contributed by atoms with E-state index in [0.29, 0.717) is 30.0 Å². The van der Waals surface area contributed by atoms with Gasteiger partial charge >= 0.3 is 0 Å². The molecule has 0 radical (unpaired) electrons. The number of rotatable bonds is 3. The summed E-state index contributed by atoms with van der Waals surface area (Å²) >= 11 is 0. The highest BCUT2D eigenvalue weighted by Gasteiger charge is 2.49. The molecule has 0 aromatic carbocycles. The lowest BCUT2D eigenvalue weighted by molar-refractivity contribution is -0.0489. The summed E-state index contributed by atoms with van der Waals surface area (Å²) < 4.78 is 11.4. The molecule has 2 aromatic heterocycles. The first kappa shape index (κ1) is 18.0. The Bertz CT molecular complexity index is 1020. The lowest BCUT2D eigenvalue weighted by Crippen LogP contribution is -2.58. The van der Waals surface area contributed by atoms with Crippen LogP contribution in [0, 0.1) is 5.92 Å². The monoisotopic (exact) mass is 409 g/mol. The Morgan fingerprint density at radius 2 is 2.00 bits per heavy atom. The average Bonchev–Trinajstić information content (AvgIpc) is 3.40. The molecule has 7 rings (SSSR count). The summed E-state index contributed by atoms with van der Waals surface area (Å²) in [4.78, 5) is 19.1. The van der Waals surface area contributed by atoms with E-state index >= 15 is 0 Å². The molecule has 0 spiro atoms. The molecule has 6 heterocycles. The third-order valence-corrected chi connectivity index (χ3v) is 6.94. The average molecular weight is 409 g/mol. The fourth-order valence-electron chi connectivity index (χ4n) is 5.25. The van der Waals surface area contributed by atoms with Crippen LogP contribution in [-0.2, 0) is 4.74 Å². The molecule has 1 aliphatic carbocycles. The number of morpholine rings is 1. The number of pyridine rings is 1. The number of nitrogen functional groups attached to an aromatic ring is 1. The maximum Gasteiger partial charge on any atom is 0.166 e. The van der Waals surface area contributed by atoms with Crippen molar-refractivity contribution in [1.82, 2.24) is 15.0 Å². The van der Waals surface area contributed by atoms with E-state index < -0.39 is 0 Å². The molecule has 3 N–H and O–H groups in total. The van der Waals surface area contributed by atoms with Crippen LogP contribution >= 0.6 is 0 Å². The highest BCUT2D eigenvalue weighted by molar-refractivity contribution is 5.86. The lowest BCUT2D eigenvalue weighted by Gasteiger charge is -2.42. The summed E-state index contributed by atoms with van der Waals surface area (Å²) in [5.74, 6) is 4.25. The second-order valence-corrected chi connectivity index (χ2v) is 9.22. The van der Waals surface area contributed by atoms with Gasteiger partial charge in [-0.15, -0.1) is 0 Å². The first-order valence-corrected chi connectivity index (χ1v) is 10.6. The zero-order chi connectivity index (χ0) is 20.6. The van der Waals surface area contributed by atoms with Gasteiger partial charge < -0.3 is 30.3 Å². The van der Waals surface area contributed by atoms with Gasteiger partial charge in [0.15, 0.2) is 29.0 Å². The van der Waals surface area contributed by atoms with Crippen LogP contribution in [0.3, 0.4) is 0 Å². The van der Waals surface area contributed by atoms with Crippen LogP contribution in [0.1, 0.15) is 26.7 Å². The summed E-state index contributed by atoms with van der Waals surface area (Å²) in [7, 11) is 1.59. The second kappa shape index (κ2) is 6.10. The van der Waals surface area contributed by atoms with E-state index in [1.54, 1.807) is 13.3 Å². The number of nitrogens with one attached hydrogen (secondary N) is 1. The largest absolute Gasteiger partial charge is 0.493 e. The van der Waals surface area contributed by atoms with E-state index in [0.717, 1.165) is 41.9 Å². The minimum atomic E-state index is -0.324. The highest BCUT2D eigenvalue weighted by Crippen LogP contribution is 2.50. The Kier molecular flexibility index (Phi) is 3.66. The van der Waals surface area contributed by atoms with Crippen molar-refractivity contribution >= 4 is 23.1 Å². The Labute approximate surface area is 175 Å². The van der Waals surface area contributed by atoms with E-state index in [1.165, 1.54) is 12.8 Å². The SMILES string of the molecule is COc1cc(-c2nc(N3CC4CC3C4)c3c(n2)N2CCOC(C)(C)C2N3)cnc1N. The minimum absolute atomic E-state index is 0.0289. The Hall–Kier alpha value is -2.81. The van der Waals surface area contributed by atoms with Gasteiger partial charge in [0.05, 0.1) is 13.7 Å². The zero-order valence-corrected chi connectivity index (χ0v) is 17.6. The highest BCUT2D eigenvalue weighted by atomic mass is 16.5. The van der Waals surface area contributed by atoms with Crippen LogP contribution in [0.2, 0.25) is 0 Å². The van der Waals surface area contributed by atoms with Crippen LogP contribution in [-0.4, -0.2) is 59.6 Å². The lowest BCUT2D eigenvalue weighted by atomic mass is 9.86. The molecule has 1 unspecified atom stereocenters. The predicted octanol–water partition coefficient (Wildman–Crippen LogP) is 2.09. The molecule has 3 saturated heterocycles. The van der Waals surface area contributed by atoms with Gasteiger partial charge in [0.1, 0.15) is 17.5 Å². The summed E-state index contributed by atoms with van der Waals surface area (Å²) in [5, 5.41) is 3.70. The number of hydrogen-bond acceptors (Lipinski definition) is 9. The fourth-order valence-corrected chi connectivity index (χ4v) is 5.25. The van der Waals surface area contributed by atoms with E-state index in [1.807, 2.05) is 6.07 Å². The van der Waals surface area contributed by atoms with Gasteiger partial charge in [-0.3, -0.25) is 0 Å². The molecule has 5 aliphatic rings. The fraction of sp³-hybridized carbons (Fsp3) is 0.571. The van der Waals surface area contributed by atoms with Gasteiger partial charge in [-0.2, -0.15) is 0 Å². The third-order valence-electron chi connectivity index (χ3n) is 6.94. The summed E-state index contributed by atoms with van der Waals surface area (Å²) in [5.41, 5.74) is 7.41. The molecule has 4 aliphatic heterocycles. The second-order valence-electron chi connectivity index (χ2n) is 9.22. The number of hydrogen-bond donors (Lipinski definition) is 2. The van der Waals surface area contributed by atoms with Crippen LogP contribution < -0.4 is 25.6 Å². The molecule has 0 amide bonds. The normalized spacial score (nSPS) is 27.9. The molecule has 2 aromatic rings. The molecule has 9 nitrogen and oxygen atoms in total. The van der Waals surface area contributed by atoms with E-state index in [9.17, 15) is 0 Å². The Morgan fingerprint density at radius 1 is 1.23 bits per heavy atom. The first-order chi connectivity index (χ1) is 14.4. The van der Waals surface area contributed by atoms with Crippen molar-refractivity contribution in [2.24, 2.45) is 5.92 Å². The summed E-state index contributed by atoms with van der Waals surface area (Å²) in [6.07, 6.45) is 4.26. The maximum atomic E-state index is 6.06. The van der Waals surface area contributed by atoms with Gasteiger partial charge in [0, 0.05) is 30.9 Å². The van der Waals surface area contributed by atoms with Gasteiger partial charge in [-0.05, 0) is 38.7 Å². The number of anilines is 4. The van der Waals surface area contributed by atoms with Gasteiger partial charge in [-0.1, -0.05) is 0 Å². The van der Waals surface area contributed by atoms with Crippen molar-refractivity contribution in [1.29, 1.82) is 0 Å². The van der Waals surface area contributed by atoms with Gasteiger partial charge in [0.2, 0.25) is 0 Å². The zero-order valence-electron chi connectivity index (χ0n) is 17.6. The third kappa shape index (κ3) is 2.47. The van der Waals surface area contributed by atoms with Crippen molar-refractivity contribution in [3.63, 3.8) is 0 Å². The first-order valence-electron chi connectivity index (χ1n) is 10.6. The topological polar surface area (TPSA) is 102 Å². The molecule has 2 bridgehead atoms. The Balaban J connectivity index is 1.50. The number of methoxy groups -OCH3 is 1. The minimum Gasteiger partial charge on any atom is -0.493 e. The number of aromatic nitrogens is 3. The van der Waals surface area contributed by atoms with E-state index in [4.69, 9.17) is 25.2 Å². The van der Waals surface area contributed by atoms with Crippen LogP contribution in [0.5, 0.6) is 5.75 Å². The van der Waals surface area contributed by atoms with E-state index in [-0.39, 0.29) is 11.8 Å². The molecule has 9 heteroatoms. The molecule has 1 saturated carbocycles. The predicted molar refractivity (Wildman–Crippen MR) is 115 cm³/mol. The van der Waals surface area contributed by atoms with Crippen LogP contribution in [0.25, 0.3) is 11.4 Å². The van der Waals surface area contributed by atoms with Crippen molar-refractivity contribution in [2.75, 3.05) is 47.7 Å². The van der Waals surface area contributed by atoms with Crippen LogP contribution in [0.4, 0.5) is 23.1 Å². The molecule has 30 heavy (non-hydrogen) atoms. The summed E-state index contributed by atoms with van der Waals surface area (Å²) in [6.45, 7) is 6.77. The van der Waals surface area contributed by atoms with Gasteiger partial charge in [-0.25, -0.2) is 15.0 Å². The molecule has 4 fully saturated rings. The van der Waals surface area contributed by atoms with Crippen LogP contribution in [0.15, 0.2) is 12.3 Å². The smallest absolute Gasteiger partial charge is 0.166 e. The Morgan fingerprint density at radius 3 is 2.70 bits per heavy atom. The number of nitrogens with zero attached hydrogens (tertiary/aromatic N) is 5. The van der Waals surface area contributed by atoms with Crippen molar-refractivity contribution in [3.05, 3.63) is 12.3 Å². The van der Waals surface area contributed by atoms with Gasteiger partial charge in [0.25, 0.3) is 0 Å². The molecule has 1 atom stereocenters. The quantitative estimate of drug-likeness (QED) is 0.789. The number of ether oxygens (including phenoxy) is 2. The molecule has 158 valence electrons. The van der Waals surface area contributed by atoms with E-state index in [2.05, 4.69) is 33.9 Å². The molecular formula is C21H27N7O2. The standard InChI is InChI=1S/C21H27N7O2/c1-21(2)20-24-15-18(27(20)4-5-30-21)25-17(12-8-14(29-3)16(22)23-9-12)26-19(15)28-10-11-6-13(28)7-11/h8-9,11,13,20,24H,4-7,10H2,1-3H3,(H2,22,23). The molecular weight excluding hydrogens is 382 g/mol. The van der Waals surface area contributed by atoms with Crippen molar-refractivity contribution in [3.8, 4) is 17.1 Å². The number of nitrogens with two attached hydrogens (primary N) is 1.